The highest BCUT2D eigenvalue weighted by Gasteiger charge is 2.07. The largest absolute Gasteiger partial charge is 0.478 e. The first-order valence-corrected chi connectivity index (χ1v) is 6.01. The number of nitrogens with one attached hydrogen (secondary N) is 1. The van der Waals surface area contributed by atoms with Gasteiger partial charge in [0.05, 0.1) is 5.56 Å². The van der Waals surface area contributed by atoms with Crippen LogP contribution in [0.5, 0.6) is 0 Å². The number of carbonyl (C=O) groups is 1. The monoisotopic (exact) mass is 260 g/mol. The normalized spacial score (nSPS) is 10.3. The van der Waals surface area contributed by atoms with Crippen LogP contribution < -0.4 is 11.1 Å². The lowest BCUT2D eigenvalue weighted by molar-refractivity contribution is 0.0698. The number of anilines is 2. The number of nitrogen functional groups attached to an aromatic ring is 1. The summed E-state index contributed by atoms with van der Waals surface area (Å²) in [5, 5.41) is 16.2. The van der Waals surface area contributed by atoms with E-state index in [-0.39, 0.29) is 11.3 Å². The molecule has 6 heteroatoms. The number of hydrogen-bond donors (Lipinski definition) is 3. The molecule has 0 fully saturated rings. The Labute approximate surface area is 110 Å². The van der Waals surface area contributed by atoms with E-state index in [4.69, 9.17) is 10.8 Å². The van der Waals surface area contributed by atoms with E-state index in [9.17, 15) is 4.79 Å². The number of carboxylic acids is 1. The van der Waals surface area contributed by atoms with E-state index in [0.717, 1.165) is 25.2 Å². The summed E-state index contributed by atoms with van der Waals surface area (Å²) in [6, 6.07) is 6.75. The van der Waals surface area contributed by atoms with Crippen LogP contribution in [-0.4, -0.2) is 27.4 Å². The number of nitrogens with two attached hydrogens (primary N) is 1. The van der Waals surface area contributed by atoms with Crippen LogP contribution in [0.4, 0.5) is 11.4 Å². The molecule has 2 rings (SSSR count). The fraction of sp³-hybridized carbons (Fsp3) is 0.231. The fourth-order valence-electron chi connectivity index (χ4n) is 1.77. The number of nitrogens with zero attached hydrogens (tertiary/aromatic N) is 2. The molecule has 0 atom stereocenters. The molecule has 0 unspecified atom stereocenters. The van der Waals surface area contributed by atoms with Gasteiger partial charge in [0.2, 0.25) is 0 Å². The Morgan fingerprint density at radius 3 is 2.95 bits per heavy atom. The van der Waals surface area contributed by atoms with Crippen molar-refractivity contribution in [3.05, 3.63) is 42.2 Å². The lowest BCUT2D eigenvalue weighted by Gasteiger charge is -2.08. The summed E-state index contributed by atoms with van der Waals surface area (Å²) in [5.41, 5.74) is 6.89. The zero-order valence-electron chi connectivity index (χ0n) is 10.4. The average molecular weight is 260 g/mol. The molecule has 0 radical (unpaired) electrons. The molecule has 0 saturated carbocycles. The minimum atomic E-state index is -1.01. The lowest BCUT2D eigenvalue weighted by Crippen LogP contribution is -2.08. The number of hydrogen-bond acceptors (Lipinski definition) is 4. The zero-order valence-corrected chi connectivity index (χ0v) is 10.4. The molecule has 19 heavy (non-hydrogen) atoms. The van der Waals surface area contributed by atoms with Gasteiger partial charge in [-0.2, -0.15) is 5.10 Å². The summed E-state index contributed by atoms with van der Waals surface area (Å²) in [6.07, 6.45) is 4.58. The third-order valence-corrected chi connectivity index (χ3v) is 2.73. The highest BCUT2D eigenvalue weighted by molar-refractivity contribution is 5.94. The van der Waals surface area contributed by atoms with Crippen molar-refractivity contribution in [2.24, 2.45) is 0 Å². The van der Waals surface area contributed by atoms with E-state index in [1.807, 2.05) is 16.9 Å². The van der Waals surface area contributed by atoms with Crippen molar-refractivity contribution in [1.82, 2.24) is 9.78 Å². The van der Waals surface area contributed by atoms with Gasteiger partial charge in [-0.25, -0.2) is 4.79 Å². The number of rotatable bonds is 6. The Morgan fingerprint density at radius 2 is 2.32 bits per heavy atom. The van der Waals surface area contributed by atoms with Crippen LogP contribution in [-0.2, 0) is 6.54 Å². The van der Waals surface area contributed by atoms with Gasteiger partial charge >= 0.3 is 5.97 Å². The summed E-state index contributed by atoms with van der Waals surface area (Å²) in [4.78, 5) is 10.8. The molecular formula is C13H16N4O2. The number of aromatic nitrogens is 2. The standard InChI is InChI=1S/C13H16N4O2/c14-12-9-10(3-4-11(12)13(18)19)15-5-1-7-17-8-2-6-16-17/h2-4,6,8-9,15H,1,5,7,14H2,(H,18,19). The van der Waals surface area contributed by atoms with E-state index in [0.29, 0.717) is 0 Å². The first-order valence-electron chi connectivity index (χ1n) is 6.01. The maximum atomic E-state index is 10.8. The molecule has 1 aromatic heterocycles. The summed E-state index contributed by atoms with van der Waals surface area (Å²) >= 11 is 0. The number of aromatic carboxylic acids is 1. The van der Waals surface area contributed by atoms with E-state index < -0.39 is 5.97 Å². The quantitative estimate of drug-likeness (QED) is 0.542. The van der Waals surface area contributed by atoms with Crippen LogP contribution in [0.2, 0.25) is 0 Å². The first-order chi connectivity index (χ1) is 9.16. The molecule has 0 aliphatic heterocycles. The van der Waals surface area contributed by atoms with Crippen LogP contribution in [0.3, 0.4) is 0 Å². The number of benzene rings is 1. The van der Waals surface area contributed by atoms with E-state index in [1.165, 1.54) is 6.07 Å². The molecule has 4 N–H and O–H groups in total. The van der Waals surface area contributed by atoms with Gasteiger partial charge in [0.15, 0.2) is 0 Å². The first kappa shape index (κ1) is 12.9. The number of carboxylic acid groups (broad SMARTS) is 1. The van der Waals surface area contributed by atoms with Crippen molar-refractivity contribution in [3.63, 3.8) is 0 Å². The Bertz CT molecular complexity index is 552. The van der Waals surface area contributed by atoms with Gasteiger partial charge < -0.3 is 16.2 Å². The second kappa shape index (κ2) is 5.90. The van der Waals surface area contributed by atoms with Crippen molar-refractivity contribution in [2.45, 2.75) is 13.0 Å². The van der Waals surface area contributed by atoms with Crippen molar-refractivity contribution in [1.29, 1.82) is 0 Å². The fourth-order valence-corrected chi connectivity index (χ4v) is 1.77. The second-order valence-corrected chi connectivity index (χ2v) is 4.16. The SMILES string of the molecule is Nc1cc(NCCCn2cccn2)ccc1C(=O)O. The smallest absolute Gasteiger partial charge is 0.337 e. The third kappa shape index (κ3) is 3.48. The van der Waals surface area contributed by atoms with Crippen LogP contribution in [0.1, 0.15) is 16.8 Å². The van der Waals surface area contributed by atoms with Gasteiger partial charge in [-0.1, -0.05) is 0 Å². The summed E-state index contributed by atoms with van der Waals surface area (Å²) in [7, 11) is 0. The molecular weight excluding hydrogens is 244 g/mol. The van der Waals surface area contributed by atoms with Crippen molar-refractivity contribution >= 4 is 17.3 Å². The summed E-state index contributed by atoms with van der Waals surface area (Å²) < 4.78 is 1.86. The maximum Gasteiger partial charge on any atom is 0.337 e. The molecule has 0 saturated heterocycles. The topological polar surface area (TPSA) is 93.2 Å². The van der Waals surface area contributed by atoms with Gasteiger partial charge in [-0.15, -0.1) is 0 Å². The van der Waals surface area contributed by atoms with Crippen LogP contribution in [0, 0.1) is 0 Å². The highest BCUT2D eigenvalue weighted by Crippen LogP contribution is 2.17. The van der Waals surface area contributed by atoms with Crippen molar-refractivity contribution in [3.8, 4) is 0 Å². The minimum absolute atomic E-state index is 0.127. The molecule has 1 heterocycles. The minimum Gasteiger partial charge on any atom is -0.478 e. The Morgan fingerprint density at radius 1 is 1.47 bits per heavy atom. The molecule has 0 spiro atoms. The third-order valence-electron chi connectivity index (χ3n) is 2.73. The maximum absolute atomic E-state index is 10.8. The summed E-state index contributed by atoms with van der Waals surface area (Å²) in [5.74, 6) is -1.01. The molecule has 0 bridgehead atoms. The van der Waals surface area contributed by atoms with Gasteiger partial charge in [0.1, 0.15) is 0 Å². The van der Waals surface area contributed by atoms with E-state index >= 15 is 0 Å². The highest BCUT2D eigenvalue weighted by atomic mass is 16.4. The van der Waals surface area contributed by atoms with Gasteiger partial charge in [-0.3, -0.25) is 4.68 Å². The van der Waals surface area contributed by atoms with Crippen LogP contribution in [0.15, 0.2) is 36.7 Å². The number of aryl methyl sites for hydroxylation is 1. The van der Waals surface area contributed by atoms with E-state index in [1.54, 1.807) is 18.3 Å². The Balaban J connectivity index is 1.83. The zero-order chi connectivity index (χ0) is 13.7. The molecule has 0 aliphatic carbocycles. The Kier molecular flexibility index (Phi) is 4.02. The molecule has 100 valence electrons. The summed E-state index contributed by atoms with van der Waals surface area (Å²) in [6.45, 7) is 1.61. The second-order valence-electron chi connectivity index (χ2n) is 4.16. The van der Waals surface area contributed by atoms with Crippen LogP contribution in [0.25, 0.3) is 0 Å². The van der Waals surface area contributed by atoms with Gasteiger partial charge in [0, 0.05) is 36.9 Å². The predicted octanol–water partition coefficient (Wildman–Crippen LogP) is 1.67. The van der Waals surface area contributed by atoms with Crippen molar-refractivity contribution < 1.29 is 9.90 Å². The van der Waals surface area contributed by atoms with Crippen LogP contribution >= 0.6 is 0 Å². The van der Waals surface area contributed by atoms with E-state index in [2.05, 4.69) is 10.4 Å². The van der Waals surface area contributed by atoms with Gasteiger partial charge in [-0.05, 0) is 30.7 Å². The van der Waals surface area contributed by atoms with Crippen molar-refractivity contribution in [2.75, 3.05) is 17.6 Å². The average Bonchev–Trinajstić information content (AvgIpc) is 2.87. The molecule has 0 aliphatic rings. The van der Waals surface area contributed by atoms with Gasteiger partial charge in [0.25, 0.3) is 0 Å². The predicted molar refractivity (Wildman–Crippen MR) is 73.1 cm³/mol. The Hall–Kier alpha value is -2.50. The molecule has 0 amide bonds. The molecule has 6 nitrogen and oxygen atoms in total. The lowest BCUT2D eigenvalue weighted by atomic mass is 10.1. The molecule has 2 aromatic rings. The molecule has 1 aromatic carbocycles.